The number of aryl methyl sites for hydroxylation is 1. The number of para-hydroxylation sites is 1. The van der Waals surface area contributed by atoms with E-state index in [-0.39, 0.29) is 6.61 Å². The molecule has 3 rings (SSSR count). The number of rotatable bonds is 4. The first-order chi connectivity index (χ1) is 13.2. The second-order valence-corrected chi connectivity index (χ2v) is 6.43. The van der Waals surface area contributed by atoms with E-state index < -0.39 is 29.8 Å². The molecule has 0 saturated carbocycles. The number of nitrogens with zero attached hydrogens (tertiary/aromatic N) is 2. The Labute approximate surface area is 162 Å². The van der Waals surface area contributed by atoms with Crippen LogP contribution in [0.3, 0.4) is 0 Å². The van der Waals surface area contributed by atoms with Gasteiger partial charge >= 0.3 is 12.1 Å². The number of alkyl halides is 3. The first-order valence-corrected chi connectivity index (χ1v) is 8.51. The summed E-state index contributed by atoms with van der Waals surface area (Å²) >= 11 is 6.28. The molecule has 3 aromatic rings. The number of halogens is 4. The maximum Gasteiger partial charge on any atom is 0.417 e. The Morgan fingerprint density at radius 1 is 1.21 bits per heavy atom. The van der Waals surface area contributed by atoms with Crippen molar-refractivity contribution in [3.63, 3.8) is 0 Å². The highest BCUT2D eigenvalue weighted by molar-refractivity contribution is 6.32. The summed E-state index contributed by atoms with van der Waals surface area (Å²) in [7, 11) is 0. The maximum atomic E-state index is 12.8. The van der Waals surface area contributed by atoms with Crippen LogP contribution in [-0.4, -0.2) is 15.5 Å². The summed E-state index contributed by atoms with van der Waals surface area (Å²) < 4.78 is 44.0. The van der Waals surface area contributed by atoms with Crippen molar-refractivity contribution in [3.8, 4) is 0 Å². The van der Waals surface area contributed by atoms with Gasteiger partial charge in [-0.15, -0.1) is 0 Å². The van der Waals surface area contributed by atoms with Gasteiger partial charge in [0.15, 0.2) is 0 Å². The van der Waals surface area contributed by atoms with E-state index in [1.165, 1.54) is 0 Å². The number of esters is 1. The maximum absolute atomic E-state index is 12.8. The summed E-state index contributed by atoms with van der Waals surface area (Å²) in [5, 5.41) is 1.20. The number of ether oxygens (including phenoxy) is 1. The van der Waals surface area contributed by atoms with E-state index in [0.717, 1.165) is 17.0 Å². The van der Waals surface area contributed by atoms with Gasteiger partial charge in [-0.25, -0.2) is 4.98 Å². The third-order valence-electron chi connectivity index (χ3n) is 4.13. The number of aromatic nitrogens is 2. The van der Waals surface area contributed by atoms with E-state index >= 15 is 0 Å². The number of hydrogen-bond donors (Lipinski definition) is 0. The van der Waals surface area contributed by atoms with Gasteiger partial charge in [-0.2, -0.15) is 13.2 Å². The summed E-state index contributed by atoms with van der Waals surface area (Å²) in [6.45, 7) is 0.879. The number of carbonyl (C=O) groups is 1. The Kier molecular flexibility index (Phi) is 5.42. The Morgan fingerprint density at radius 3 is 2.64 bits per heavy atom. The molecule has 0 saturated heterocycles. The zero-order valence-corrected chi connectivity index (χ0v) is 15.3. The fourth-order valence-corrected chi connectivity index (χ4v) is 2.87. The fraction of sp³-hybridized carbons (Fsp3) is 0.211. The van der Waals surface area contributed by atoms with Crippen LogP contribution in [0.5, 0.6) is 0 Å². The molecule has 0 aliphatic carbocycles. The summed E-state index contributed by atoms with van der Waals surface area (Å²) in [6, 6.07) is 8.71. The zero-order valence-electron chi connectivity index (χ0n) is 14.6. The van der Waals surface area contributed by atoms with Crippen molar-refractivity contribution in [2.24, 2.45) is 0 Å². The lowest BCUT2D eigenvalue weighted by atomic mass is 10.1. The average Bonchev–Trinajstić information content (AvgIpc) is 2.64. The number of fused-ring (bicyclic) bond motifs is 1. The molecule has 0 bridgehead atoms. The molecule has 0 aliphatic rings. The van der Waals surface area contributed by atoms with E-state index in [1.807, 2.05) is 12.1 Å². The molecular weight excluding hydrogens is 397 g/mol. The minimum atomic E-state index is -4.63. The summed E-state index contributed by atoms with van der Waals surface area (Å²) in [5.74, 6) is -0.884. The van der Waals surface area contributed by atoms with Crippen molar-refractivity contribution in [2.75, 3.05) is 0 Å². The molecule has 0 aliphatic heterocycles. The number of carbonyl (C=O) groups excluding carboxylic acids is 1. The lowest BCUT2D eigenvalue weighted by molar-refractivity contribution is -0.146. The Morgan fingerprint density at radius 2 is 1.93 bits per heavy atom. The van der Waals surface area contributed by atoms with Gasteiger partial charge < -0.3 is 9.30 Å². The normalized spacial score (nSPS) is 11.6. The minimum absolute atomic E-state index is 0.267. The molecule has 2 aromatic heterocycles. The lowest BCUT2D eigenvalue weighted by Crippen LogP contribution is -2.26. The van der Waals surface area contributed by atoms with Gasteiger partial charge in [-0.05, 0) is 24.6 Å². The number of hydrogen-bond acceptors (Lipinski definition) is 4. The predicted molar refractivity (Wildman–Crippen MR) is 97.0 cm³/mol. The molecule has 0 atom stereocenters. The molecule has 5 nitrogen and oxygen atoms in total. The van der Waals surface area contributed by atoms with Crippen molar-refractivity contribution in [2.45, 2.75) is 26.3 Å². The molecule has 1 aromatic carbocycles. The van der Waals surface area contributed by atoms with Crippen molar-refractivity contribution in [1.82, 2.24) is 9.55 Å². The lowest BCUT2D eigenvalue weighted by Gasteiger charge is -2.12. The smallest absolute Gasteiger partial charge is 0.417 e. The molecule has 2 heterocycles. The first-order valence-electron chi connectivity index (χ1n) is 8.14. The fourth-order valence-electron chi connectivity index (χ4n) is 2.67. The largest absolute Gasteiger partial charge is 0.458 e. The van der Waals surface area contributed by atoms with Gasteiger partial charge in [0.05, 0.1) is 21.8 Å². The SMILES string of the molecule is Cc1c(Cl)c(COC(=O)Cn2cc(C(F)(F)F)ccc2=O)nc2ccccc12. The van der Waals surface area contributed by atoms with Gasteiger partial charge in [0.2, 0.25) is 0 Å². The van der Waals surface area contributed by atoms with E-state index in [0.29, 0.717) is 33.1 Å². The molecule has 0 spiro atoms. The van der Waals surface area contributed by atoms with Gasteiger partial charge in [0, 0.05) is 17.6 Å². The Hall–Kier alpha value is -2.87. The second-order valence-electron chi connectivity index (χ2n) is 6.06. The van der Waals surface area contributed by atoms with Crippen LogP contribution < -0.4 is 5.56 Å². The average molecular weight is 411 g/mol. The van der Waals surface area contributed by atoms with Crippen molar-refractivity contribution in [3.05, 3.63) is 74.8 Å². The third kappa shape index (κ3) is 4.17. The molecule has 0 fully saturated rings. The number of benzene rings is 1. The molecule has 0 unspecified atom stereocenters. The van der Waals surface area contributed by atoms with E-state index in [1.54, 1.807) is 19.1 Å². The third-order valence-corrected chi connectivity index (χ3v) is 4.63. The van der Waals surface area contributed by atoms with Gasteiger partial charge in [0.1, 0.15) is 13.2 Å². The number of pyridine rings is 2. The standard InChI is InChI=1S/C19H14ClF3N2O3/c1-11-13-4-2-3-5-14(13)24-15(18(11)20)10-28-17(27)9-25-8-12(19(21,22)23)6-7-16(25)26/h2-8H,9-10H2,1H3. The monoisotopic (exact) mass is 410 g/mol. The van der Waals surface area contributed by atoms with E-state index in [4.69, 9.17) is 16.3 Å². The van der Waals surface area contributed by atoms with Crippen LogP contribution in [0.4, 0.5) is 13.2 Å². The van der Waals surface area contributed by atoms with Crippen molar-refractivity contribution >= 4 is 28.5 Å². The summed E-state index contributed by atoms with van der Waals surface area (Å²) in [4.78, 5) is 28.1. The van der Waals surface area contributed by atoms with Crippen LogP contribution in [0.1, 0.15) is 16.8 Å². The quantitative estimate of drug-likeness (QED) is 0.607. The molecule has 28 heavy (non-hydrogen) atoms. The first kappa shape index (κ1) is 19.9. The van der Waals surface area contributed by atoms with Crippen LogP contribution in [-0.2, 0) is 28.9 Å². The molecule has 0 amide bonds. The van der Waals surface area contributed by atoms with Crippen LogP contribution in [0.15, 0.2) is 47.4 Å². The highest BCUT2D eigenvalue weighted by atomic mass is 35.5. The van der Waals surface area contributed by atoms with Gasteiger partial charge in [0.25, 0.3) is 5.56 Å². The van der Waals surface area contributed by atoms with E-state index in [2.05, 4.69) is 4.98 Å². The highest BCUT2D eigenvalue weighted by Crippen LogP contribution is 2.28. The molecule has 9 heteroatoms. The van der Waals surface area contributed by atoms with Crippen molar-refractivity contribution in [1.29, 1.82) is 0 Å². The molecular formula is C19H14ClF3N2O3. The zero-order chi connectivity index (χ0) is 20.5. The molecule has 146 valence electrons. The van der Waals surface area contributed by atoms with Crippen LogP contribution in [0.2, 0.25) is 5.02 Å². The van der Waals surface area contributed by atoms with Crippen LogP contribution in [0, 0.1) is 6.92 Å². The van der Waals surface area contributed by atoms with Crippen LogP contribution >= 0.6 is 11.6 Å². The topological polar surface area (TPSA) is 61.2 Å². The summed E-state index contributed by atoms with van der Waals surface area (Å²) in [6.07, 6.45) is -4.05. The minimum Gasteiger partial charge on any atom is -0.458 e. The predicted octanol–water partition coefficient (Wildman–Crippen LogP) is 4.12. The van der Waals surface area contributed by atoms with Crippen LogP contribution in [0.25, 0.3) is 10.9 Å². The Bertz CT molecular complexity index is 1110. The Balaban J connectivity index is 1.76. The molecule has 0 N–H and O–H groups in total. The van der Waals surface area contributed by atoms with Gasteiger partial charge in [-0.1, -0.05) is 29.8 Å². The highest BCUT2D eigenvalue weighted by Gasteiger charge is 2.31. The summed E-state index contributed by atoms with van der Waals surface area (Å²) in [5.41, 5.74) is -0.0167. The second kappa shape index (κ2) is 7.63. The molecule has 0 radical (unpaired) electrons. The van der Waals surface area contributed by atoms with E-state index in [9.17, 15) is 22.8 Å². The van der Waals surface area contributed by atoms with Crippen molar-refractivity contribution < 1.29 is 22.7 Å². The van der Waals surface area contributed by atoms with Gasteiger partial charge in [-0.3, -0.25) is 9.59 Å².